The van der Waals surface area contributed by atoms with Gasteiger partial charge >= 0.3 is 5.91 Å². The molecule has 0 radical (unpaired) electrons. The zero-order valence-electron chi connectivity index (χ0n) is 23.0. The molecule has 1 unspecified atom stereocenters. The number of hydrogen-bond donors (Lipinski definition) is 1. The molecule has 40 heavy (non-hydrogen) atoms. The first-order valence-corrected chi connectivity index (χ1v) is 14.2. The predicted molar refractivity (Wildman–Crippen MR) is 158 cm³/mol. The van der Waals surface area contributed by atoms with Crippen LogP contribution < -0.4 is 14.4 Å². The molecule has 4 aromatic rings. The number of methoxy groups -OCH3 is 1. The van der Waals surface area contributed by atoms with Gasteiger partial charge in [0.2, 0.25) is 0 Å². The number of carbonyl (C=O) groups excluding carboxylic acids is 2. The number of aliphatic hydroxyl groups excluding tert-OH is 1. The van der Waals surface area contributed by atoms with E-state index in [2.05, 4.69) is 20.8 Å². The van der Waals surface area contributed by atoms with Crippen LogP contribution >= 0.6 is 11.3 Å². The summed E-state index contributed by atoms with van der Waals surface area (Å²) in [5, 5.41) is 11.9. The molecule has 1 saturated heterocycles. The number of aromatic nitrogens is 1. The van der Waals surface area contributed by atoms with E-state index in [0.29, 0.717) is 45.8 Å². The first-order chi connectivity index (χ1) is 19.3. The SMILES string of the molecule is CCCCOc1cccc(C(O)=C2C(=O)C(=O)N(c3nc4ccc(OC)cc4s3)C2c2ccc(C(C)C)cc2)c1. The van der Waals surface area contributed by atoms with Crippen molar-refractivity contribution in [3.8, 4) is 11.5 Å². The van der Waals surface area contributed by atoms with Crippen LogP contribution in [0.5, 0.6) is 11.5 Å². The molecule has 3 aromatic carbocycles. The number of nitrogens with zero attached hydrogens (tertiary/aromatic N) is 2. The molecular weight excluding hydrogens is 524 g/mol. The summed E-state index contributed by atoms with van der Waals surface area (Å²) in [4.78, 5) is 33.3. The first-order valence-electron chi connectivity index (χ1n) is 13.4. The normalized spacial score (nSPS) is 16.7. The lowest BCUT2D eigenvalue weighted by Crippen LogP contribution is -2.29. The lowest BCUT2D eigenvalue weighted by molar-refractivity contribution is -0.132. The molecule has 1 N–H and O–H groups in total. The third kappa shape index (κ3) is 5.19. The zero-order chi connectivity index (χ0) is 28.4. The van der Waals surface area contributed by atoms with Crippen molar-refractivity contribution in [1.82, 2.24) is 4.98 Å². The standard InChI is InChI=1S/C32H32N2O5S/c1-5-6-16-39-24-9-7-8-22(17-24)29(35)27-28(21-12-10-20(11-13-21)19(2)3)34(31(37)30(27)36)32-33-25-15-14-23(38-4)18-26(25)40-32/h7-15,17-19,28,35H,5-6,16H2,1-4H3. The van der Waals surface area contributed by atoms with Crippen LogP contribution in [0.1, 0.15) is 62.3 Å². The summed E-state index contributed by atoms with van der Waals surface area (Å²) in [6.45, 7) is 6.84. The summed E-state index contributed by atoms with van der Waals surface area (Å²) >= 11 is 1.30. The number of Topliss-reactive ketones (excluding diaryl/α,β-unsaturated/α-hetero) is 1. The minimum atomic E-state index is -0.853. The van der Waals surface area contributed by atoms with Crippen LogP contribution in [0.15, 0.2) is 72.3 Å². The molecule has 206 valence electrons. The molecule has 1 amide bonds. The van der Waals surface area contributed by atoms with Crippen molar-refractivity contribution in [2.45, 2.75) is 45.6 Å². The Bertz CT molecular complexity index is 1590. The van der Waals surface area contributed by atoms with Crippen molar-refractivity contribution in [2.75, 3.05) is 18.6 Å². The summed E-state index contributed by atoms with van der Waals surface area (Å²) < 4.78 is 12.0. The first kappa shape index (κ1) is 27.4. The van der Waals surface area contributed by atoms with Crippen molar-refractivity contribution in [3.63, 3.8) is 0 Å². The summed E-state index contributed by atoms with van der Waals surface area (Å²) in [5.41, 5.74) is 2.95. The Morgan fingerprint density at radius 2 is 1.82 bits per heavy atom. The molecule has 1 aromatic heterocycles. The van der Waals surface area contributed by atoms with Gasteiger partial charge in [-0.15, -0.1) is 0 Å². The number of hydrogen-bond acceptors (Lipinski definition) is 7. The number of thiazole rings is 1. The minimum absolute atomic E-state index is 0.0184. The largest absolute Gasteiger partial charge is 0.507 e. The molecule has 1 aliphatic rings. The maximum atomic E-state index is 13.6. The van der Waals surface area contributed by atoms with Gasteiger partial charge in [0.15, 0.2) is 5.13 Å². The number of benzene rings is 3. The van der Waals surface area contributed by atoms with Crippen molar-refractivity contribution in [2.24, 2.45) is 0 Å². The van der Waals surface area contributed by atoms with Crippen LogP contribution in [0.25, 0.3) is 16.0 Å². The van der Waals surface area contributed by atoms with Crippen molar-refractivity contribution < 1.29 is 24.2 Å². The van der Waals surface area contributed by atoms with Crippen LogP contribution in [-0.4, -0.2) is 35.5 Å². The highest BCUT2D eigenvalue weighted by Crippen LogP contribution is 2.45. The van der Waals surface area contributed by atoms with Gasteiger partial charge in [-0.2, -0.15) is 0 Å². The number of anilines is 1. The van der Waals surface area contributed by atoms with Crippen LogP contribution in [0.2, 0.25) is 0 Å². The topological polar surface area (TPSA) is 89.0 Å². The third-order valence-corrected chi connectivity index (χ3v) is 8.05. The van der Waals surface area contributed by atoms with Gasteiger partial charge in [0, 0.05) is 5.56 Å². The highest BCUT2D eigenvalue weighted by molar-refractivity contribution is 7.22. The number of rotatable bonds is 9. The molecule has 5 rings (SSSR count). The highest BCUT2D eigenvalue weighted by atomic mass is 32.1. The molecule has 1 fully saturated rings. The maximum absolute atomic E-state index is 13.6. The number of fused-ring (bicyclic) bond motifs is 1. The van der Waals surface area contributed by atoms with E-state index in [-0.39, 0.29) is 11.3 Å². The average molecular weight is 557 g/mol. The number of ether oxygens (including phenoxy) is 2. The zero-order valence-corrected chi connectivity index (χ0v) is 23.8. The van der Waals surface area contributed by atoms with E-state index in [1.165, 1.54) is 16.2 Å². The van der Waals surface area contributed by atoms with Gasteiger partial charge in [0.1, 0.15) is 17.3 Å². The van der Waals surface area contributed by atoms with E-state index >= 15 is 0 Å². The van der Waals surface area contributed by atoms with E-state index in [1.807, 2.05) is 42.5 Å². The number of amides is 1. The van der Waals surface area contributed by atoms with Gasteiger partial charge in [0.25, 0.3) is 5.78 Å². The Morgan fingerprint density at radius 3 is 2.52 bits per heavy atom. The summed E-state index contributed by atoms with van der Waals surface area (Å²) in [7, 11) is 1.59. The van der Waals surface area contributed by atoms with Crippen LogP contribution in [-0.2, 0) is 9.59 Å². The van der Waals surface area contributed by atoms with Gasteiger partial charge in [-0.3, -0.25) is 14.5 Å². The fourth-order valence-corrected chi connectivity index (χ4v) is 5.77. The number of aliphatic hydroxyl groups is 1. The van der Waals surface area contributed by atoms with Crippen molar-refractivity contribution in [3.05, 3.63) is 89.0 Å². The summed E-state index contributed by atoms with van der Waals surface area (Å²) in [5.74, 6) is -0.167. The highest BCUT2D eigenvalue weighted by Gasteiger charge is 2.48. The summed E-state index contributed by atoms with van der Waals surface area (Å²) in [6.07, 6.45) is 1.90. The molecule has 8 heteroatoms. The van der Waals surface area contributed by atoms with Crippen molar-refractivity contribution >= 4 is 44.1 Å². The lowest BCUT2D eigenvalue weighted by Gasteiger charge is -2.23. The molecular formula is C32H32N2O5S. The molecule has 0 saturated carbocycles. The fourth-order valence-electron chi connectivity index (χ4n) is 4.75. The van der Waals surface area contributed by atoms with Gasteiger partial charge in [-0.05, 0) is 53.8 Å². The Morgan fingerprint density at radius 1 is 1.05 bits per heavy atom. The smallest absolute Gasteiger partial charge is 0.301 e. The lowest BCUT2D eigenvalue weighted by atomic mass is 9.93. The van der Waals surface area contributed by atoms with Gasteiger partial charge in [0.05, 0.1) is 35.5 Å². The van der Waals surface area contributed by atoms with Gasteiger partial charge < -0.3 is 14.6 Å². The number of unbranched alkanes of at least 4 members (excludes halogenated alkanes) is 1. The quantitative estimate of drug-likeness (QED) is 0.101. The predicted octanol–water partition coefficient (Wildman–Crippen LogP) is 7.23. The molecule has 0 bridgehead atoms. The van der Waals surface area contributed by atoms with Gasteiger partial charge in [-0.25, -0.2) is 4.98 Å². The van der Waals surface area contributed by atoms with Crippen LogP contribution in [0, 0.1) is 0 Å². The Hall–Kier alpha value is -4.17. The molecule has 2 heterocycles. The van der Waals surface area contributed by atoms with Crippen LogP contribution in [0.3, 0.4) is 0 Å². The van der Waals surface area contributed by atoms with E-state index in [0.717, 1.165) is 23.1 Å². The van der Waals surface area contributed by atoms with Crippen molar-refractivity contribution in [1.29, 1.82) is 0 Å². The second kappa shape index (κ2) is 11.5. The molecule has 1 atom stereocenters. The summed E-state index contributed by atoms with van der Waals surface area (Å²) in [6, 6.07) is 19.4. The molecule has 7 nitrogen and oxygen atoms in total. The second-order valence-corrected chi connectivity index (χ2v) is 11.1. The van der Waals surface area contributed by atoms with Crippen LogP contribution in [0.4, 0.5) is 5.13 Å². The second-order valence-electron chi connectivity index (χ2n) is 10.1. The number of ketones is 1. The van der Waals surface area contributed by atoms with E-state index < -0.39 is 17.7 Å². The molecule has 1 aliphatic heterocycles. The number of carbonyl (C=O) groups is 2. The maximum Gasteiger partial charge on any atom is 0.301 e. The Labute approximate surface area is 237 Å². The monoisotopic (exact) mass is 556 g/mol. The molecule has 0 aliphatic carbocycles. The Kier molecular flexibility index (Phi) is 7.89. The van der Waals surface area contributed by atoms with Gasteiger partial charge in [-0.1, -0.05) is 74.9 Å². The third-order valence-electron chi connectivity index (χ3n) is 7.03. The average Bonchev–Trinajstić information content (AvgIpc) is 3.50. The van der Waals surface area contributed by atoms with E-state index in [4.69, 9.17) is 14.5 Å². The molecule has 0 spiro atoms. The van der Waals surface area contributed by atoms with E-state index in [9.17, 15) is 14.7 Å². The fraction of sp³-hybridized carbons (Fsp3) is 0.281. The minimum Gasteiger partial charge on any atom is -0.507 e. The Balaban J connectivity index is 1.64. The van der Waals surface area contributed by atoms with E-state index in [1.54, 1.807) is 31.4 Å².